The fourth-order valence-electron chi connectivity index (χ4n) is 7.99. The van der Waals surface area contributed by atoms with Crippen LogP contribution >= 0.6 is 50.2 Å². The Morgan fingerprint density at radius 3 is 1.64 bits per heavy atom. The van der Waals surface area contributed by atoms with E-state index in [1.165, 1.54) is 53.0 Å². The van der Waals surface area contributed by atoms with E-state index in [0.29, 0.717) is 88.2 Å². The van der Waals surface area contributed by atoms with Gasteiger partial charge in [0.05, 0.1) is 62.9 Å². The third kappa shape index (κ3) is 13.7. The summed E-state index contributed by atoms with van der Waals surface area (Å²) >= 11 is 12.6. The molecule has 18 nitrogen and oxygen atoms in total. The second-order valence-corrected chi connectivity index (χ2v) is 18.9. The van der Waals surface area contributed by atoms with Gasteiger partial charge in [-0.3, -0.25) is 19.8 Å². The molecule has 2 fully saturated rings. The van der Waals surface area contributed by atoms with Gasteiger partial charge in [0.25, 0.3) is 0 Å². The maximum Gasteiger partial charge on any atom is 0.338 e. The number of benzene rings is 2. The maximum atomic E-state index is 13.9. The van der Waals surface area contributed by atoms with Crippen molar-refractivity contribution in [1.29, 1.82) is 0 Å². The van der Waals surface area contributed by atoms with Crippen LogP contribution in [0.2, 0.25) is 5.02 Å². The van der Waals surface area contributed by atoms with Crippen molar-refractivity contribution >= 4 is 85.8 Å². The summed E-state index contributed by atoms with van der Waals surface area (Å²) in [6, 6.07) is 5.86. The molecule has 4 unspecified atom stereocenters. The number of aliphatic imine (C=N–C) groups is 2. The Labute approximate surface area is 433 Å². The molecule has 2 aromatic carbocycles. The lowest BCUT2D eigenvalue weighted by Gasteiger charge is -2.36. The Bertz CT molecular complexity index is 2620. The lowest BCUT2D eigenvalue weighted by atomic mass is 9.95. The van der Waals surface area contributed by atoms with E-state index in [-0.39, 0.29) is 54.6 Å². The molecular formula is C48H48BrClF2N8O10S2. The molecule has 0 saturated carbocycles. The minimum atomic E-state index is -1.06. The van der Waals surface area contributed by atoms with E-state index >= 15 is 0 Å². The van der Waals surface area contributed by atoms with E-state index in [2.05, 4.69) is 36.5 Å². The van der Waals surface area contributed by atoms with E-state index in [4.69, 9.17) is 50.7 Å². The normalized spacial score (nSPS) is 20.8. The number of thiazole rings is 2. The number of carboxylic acid groups (broad SMARTS) is 2. The quantitative estimate of drug-likeness (QED) is 0.0696. The fraction of sp³-hybridized carbons (Fsp3) is 0.333. The predicted octanol–water partition coefficient (Wildman–Crippen LogP) is 6.48. The van der Waals surface area contributed by atoms with E-state index in [0.717, 1.165) is 12.2 Å². The number of aliphatic carboxylic acids is 2. The minimum Gasteiger partial charge on any atom is -0.478 e. The molecule has 4 aliphatic heterocycles. The Hall–Kier alpha value is -6.05. The number of carboxylic acids is 2. The summed E-state index contributed by atoms with van der Waals surface area (Å²) in [7, 11) is 0. The van der Waals surface area contributed by atoms with Crippen LogP contribution in [0.3, 0.4) is 0 Å². The van der Waals surface area contributed by atoms with Crippen LogP contribution < -0.4 is 10.6 Å². The molecule has 4 aliphatic rings. The van der Waals surface area contributed by atoms with Gasteiger partial charge in [-0.05, 0) is 43.7 Å². The zero-order valence-electron chi connectivity index (χ0n) is 38.6. The highest BCUT2D eigenvalue weighted by Gasteiger charge is 2.38. The van der Waals surface area contributed by atoms with Gasteiger partial charge >= 0.3 is 23.9 Å². The van der Waals surface area contributed by atoms with E-state index < -0.39 is 47.6 Å². The number of halogens is 4. The largest absolute Gasteiger partial charge is 0.478 e. The number of carbonyl (C=O) groups is 4. The molecule has 2 saturated heterocycles. The van der Waals surface area contributed by atoms with Crippen molar-refractivity contribution in [3.05, 3.63) is 149 Å². The molecule has 4 N–H and O–H groups in total. The van der Waals surface area contributed by atoms with Crippen molar-refractivity contribution in [2.45, 2.75) is 38.0 Å². The van der Waals surface area contributed by atoms with Crippen LogP contribution in [-0.4, -0.2) is 143 Å². The average molecular weight is 1110 g/mol. The van der Waals surface area contributed by atoms with Gasteiger partial charge in [-0.25, -0.2) is 37.9 Å². The number of morpholine rings is 2. The first-order chi connectivity index (χ1) is 34.7. The number of hydrogen-bond acceptors (Lipinski definition) is 18. The number of amidine groups is 2. The van der Waals surface area contributed by atoms with Gasteiger partial charge in [-0.15, -0.1) is 22.7 Å². The summed E-state index contributed by atoms with van der Waals surface area (Å²) in [6.45, 7) is 6.77. The van der Waals surface area contributed by atoms with Gasteiger partial charge in [0.1, 0.15) is 23.7 Å². The monoisotopic (exact) mass is 1110 g/mol. The van der Waals surface area contributed by atoms with Gasteiger partial charge in [-0.2, -0.15) is 0 Å². The number of carbonyl (C=O) groups excluding carboxylic acids is 2. The highest BCUT2D eigenvalue weighted by atomic mass is 79.9. The minimum absolute atomic E-state index is 0.124. The summed E-state index contributed by atoms with van der Waals surface area (Å²) < 4.78 is 50.1. The molecule has 2 aromatic heterocycles. The Kier molecular flexibility index (Phi) is 19.1. The SMILES string of the molecule is CCOC(=O)C1=C(CN2CCOCC2/C=C/C(=O)O)NC(c2nccs2)=NC1c1ccc(F)cc1Br.CCOC(=O)C1=C(CN2CCOCC2/C=C/C(=O)O)NC(c2nccs2)=NC1c1ccc(F)cc1Cl. The number of rotatable bonds is 16. The summed E-state index contributed by atoms with van der Waals surface area (Å²) in [4.78, 5) is 71.0. The van der Waals surface area contributed by atoms with Crippen LogP contribution in [-0.2, 0) is 38.1 Å². The second-order valence-electron chi connectivity index (χ2n) is 15.9. The van der Waals surface area contributed by atoms with Gasteiger partial charge in [0.2, 0.25) is 0 Å². The Morgan fingerprint density at radius 1 is 0.764 bits per heavy atom. The zero-order valence-corrected chi connectivity index (χ0v) is 42.6. The standard InChI is InChI=1S/C24H24BrFN4O5S.C24H24ClFN4O5S/c2*1-2-35-24(33)20-18(12-30-8-9-34-13-15(30)4-6-19(31)32)28-22(23-27-7-10-36-23)29-21(20)16-5-3-14(26)11-17(16)25/h2*3-7,10-11,15,21H,2,8-9,12-13H2,1H3,(H,28,29)(H,31,32)/b2*6-4+. The summed E-state index contributed by atoms with van der Waals surface area (Å²) in [5.74, 6) is -3.28. The van der Waals surface area contributed by atoms with Crippen LogP contribution in [0.15, 0.2) is 121 Å². The van der Waals surface area contributed by atoms with E-state index in [1.807, 2.05) is 15.2 Å². The number of nitrogens with one attached hydrogen (secondary N) is 2. The molecule has 0 radical (unpaired) electrons. The number of aromatic nitrogens is 2. The lowest BCUT2D eigenvalue weighted by molar-refractivity contribution is -0.139. The molecular weight excluding hydrogens is 1070 g/mol. The van der Waals surface area contributed by atoms with Gasteiger partial charge < -0.3 is 39.8 Å². The van der Waals surface area contributed by atoms with Crippen LogP contribution in [0.1, 0.15) is 47.1 Å². The number of esters is 2. The first-order valence-electron chi connectivity index (χ1n) is 22.4. The molecule has 6 heterocycles. The van der Waals surface area contributed by atoms with Crippen LogP contribution in [0.5, 0.6) is 0 Å². The van der Waals surface area contributed by atoms with Crippen molar-refractivity contribution < 1.29 is 57.1 Å². The van der Waals surface area contributed by atoms with E-state index in [1.54, 1.807) is 49.8 Å². The fourth-order valence-corrected chi connectivity index (χ4v) is 10.0. The maximum absolute atomic E-state index is 13.9. The van der Waals surface area contributed by atoms with Crippen molar-refractivity contribution in [1.82, 2.24) is 30.4 Å². The molecule has 0 aliphatic carbocycles. The number of hydrogen-bond donors (Lipinski definition) is 4. The smallest absolute Gasteiger partial charge is 0.338 e. The molecule has 8 rings (SSSR count). The van der Waals surface area contributed by atoms with Crippen molar-refractivity contribution in [2.24, 2.45) is 9.98 Å². The molecule has 24 heteroatoms. The van der Waals surface area contributed by atoms with Crippen LogP contribution in [0, 0.1) is 11.6 Å². The Morgan fingerprint density at radius 2 is 1.22 bits per heavy atom. The highest BCUT2D eigenvalue weighted by molar-refractivity contribution is 9.10. The highest BCUT2D eigenvalue weighted by Crippen LogP contribution is 2.39. The lowest BCUT2D eigenvalue weighted by Crippen LogP contribution is -2.48. The summed E-state index contributed by atoms with van der Waals surface area (Å²) in [5, 5.41) is 29.7. The zero-order chi connectivity index (χ0) is 51.3. The topological polar surface area (TPSA) is 227 Å². The van der Waals surface area contributed by atoms with Gasteiger partial charge in [0.15, 0.2) is 21.7 Å². The molecule has 0 spiro atoms. The first kappa shape index (κ1) is 53.7. The van der Waals surface area contributed by atoms with Crippen molar-refractivity contribution in [3.8, 4) is 0 Å². The Balaban J connectivity index is 0.000000211. The summed E-state index contributed by atoms with van der Waals surface area (Å²) in [5.41, 5.74) is 2.62. The van der Waals surface area contributed by atoms with Gasteiger partial charge in [0, 0.05) is 87.9 Å². The van der Waals surface area contributed by atoms with Crippen molar-refractivity contribution in [2.75, 3.05) is 65.8 Å². The number of nitrogens with zero attached hydrogens (tertiary/aromatic N) is 6. The van der Waals surface area contributed by atoms with Gasteiger partial charge in [-0.1, -0.05) is 51.8 Å². The third-order valence-electron chi connectivity index (χ3n) is 11.2. The first-order valence-corrected chi connectivity index (χ1v) is 25.3. The van der Waals surface area contributed by atoms with Crippen LogP contribution in [0.4, 0.5) is 8.78 Å². The molecule has 0 amide bonds. The average Bonchev–Trinajstić information content (AvgIpc) is 4.10. The van der Waals surface area contributed by atoms with E-state index in [9.17, 15) is 28.0 Å². The summed E-state index contributed by atoms with van der Waals surface area (Å²) in [6.07, 6.45) is 8.58. The van der Waals surface area contributed by atoms with Crippen molar-refractivity contribution in [3.63, 3.8) is 0 Å². The molecule has 72 heavy (non-hydrogen) atoms. The molecule has 0 bridgehead atoms. The second kappa shape index (κ2) is 25.6. The van der Waals surface area contributed by atoms with Crippen LogP contribution in [0.25, 0.3) is 0 Å². The molecule has 380 valence electrons. The molecule has 4 aromatic rings. The number of ether oxygens (including phenoxy) is 4. The molecule has 4 atom stereocenters. The predicted molar refractivity (Wildman–Crippen MR) is 268 cm³/mol. The third-order valence-corrected chi connectivity index (χ3v) is 13.8.